The molecule has 0 spiro atoms. The van der Waals surface area contributed by atoms with Gasteiger partial charge in [-0.2, -0.15) is 0 Å². The van der Waals surface area contributed by atoms with Crippen molar-refractivity contribution in [1.82, 2.24) is 4.90 Å². The molecule has 0 unspecified atom stereocenters. The van der Waals surface area contributed by atoms with Gasteiger partial charge in [-0.05, 0) is 49.9 Å². The molecule has 28 heavy (non-hydrogen) atoms. The molecule has 8 heteroatoms. The molecular weight excluding hydrogens is 402 g/mol. The summed E-state index contributed by atoms with van der Waals surface area (Å²) in [5, 5.41) is 10.2. The second kappa shape index (κ2) is 16.4. The fraction of sp³-hybridized carbons (Fsp3) is 0.550. The van der Waals surface area contributed by atoms with Crippen molar-refractivity contribution in [3.63, 3.8) is 0 Å². The zero-order valence-electron chi connectivity index (χ0n) is 16.1. The van der Waals surface area contributed by atoms with Gasteiger partial charge in [-0.15, -0.1) is 0 Å². The second-order valence-corrected chi connectivity index (χ2v) is 6.14. The van der Waals surface area contributed by atoms with Gasteiger partial charge in [0.25, 0.3) is 0 Å². The molecule has 2 aliphatic rings. The molecule has 3 atom stereocenters. The van der Waals surface area contributed by atoms with E-state index in [1.165, 1.54) is 24.8 Å². The number of fused-ring (bicyclic) bond motifs is 1. The van der Waals surface area contributed by atoms with Crippen LogP contribution in [0.15, 0.2) is 18.2 Å². The molecule has 1 aromatic carbocycles. The van der Waals surface area contributed by atoms with Crippen LogP contribution in [-0.2, 0) is 31.3 Å². The number of aliphatic hydroxyl groups excluding tert-OH is 1. The van der Waals surface area contributed by atoms with Gasteiger partial charge in [0, 0.05) is 29.4 Å². The Morgan fingerprint density at radius 2 is 1.57 bits per heavy atom. The molecular formula is C20H25CrNO6. The van der Waals surface area contributed by atoms with Crippen LogP contribution in [0, 0.1) is 20.0 Å². The fourth-order valence-corrected chi connectivity index (χ4v) is 3.88. The normalized spacial score (nSPS) is 22.5. The average Bonchev–Trinajstić information content (AvgIpc) is 2.76. The van der Waals surface area contributed by atoms with Gasteiger partial charge < -0.3 is 14.6 Å². The van der Waals surface area contributed by atoms with Crippen LogP contribution in [0.3, 0.4) is 0 Å². The molecule has 2 saturated heterocycles. The summed E-state index contributed by atoms with van der Waals surface area (Å²) in [6, 6.07) is 6.95. The standard InChI is InChI=1S/C17H25NO3.3CO.Cr/c1-20-16-7-6-12(9-17(16)21-2)15-11-14(19)10-13-5-3-4-8-18(13)15;3*1-2;/h6-7,9,13-15,19H,3-5,8,10-11H2,1-2H3;;;;/t13-,14+,15+;;;;/m1..../s1. The fourth-order valence-electron chi connectivity index (χ4n) is 3.88. The van der Waals surface area contributed by atoms with Crippen molar-refractivity contribution in [3.8, 4) is 11.5 Å². The summed E-state index contributed by atoms with van der Waals surface area (Å²) in [5.74, 6) is 1.52. The molecule has 1 aromatic rings. The van der Waals surface area contributed by atoms with E-state index in [1.54, 1.807) is 14.2 Å². The zero-order valence-corrected chi connectivity index (χ0v) is 17.3. The Balaban J connectivity index is 0. The maximum absolute atomic E-state index is 10.2. The summed E-state index contributed by atoms with van der Waals surface area (Å²) in [7, 11) is 3.32. The summed E-state index contributed by atoms with van der Waals surface area (Å²) < 4.78 is 33.2. The van der Waals surface area contributed by atoms with Gasteiger partial charge in [0.05, 0.1) is 20.3 Å². The summed E-state index contributed by atoms with van der Waals surface area (Å²) in [5.41, 5.74) is 1.22. The minimum atomic E-state index is -0.192. The van der Waals surface area contributed by atoms with E-state index < -0.39 is 0 Å². The van der Waals surface area contributed by atoms with Crippen LogP contribution in [0.2, 0.25) is 0 Å². The van der Waals surface area contributed by atoms with Crippen molar-refractivity contribution in [2.75, 3.05) is 20.8 Å². The Hall–Kier alpha value is -1.51. The summed E-state index contributed by atoms with van der Waals surface area (Å²) in [4.78, 5) is 2.58. The molecule has 7 nitrogen and oxygen atoms in total. The number of nitrogens with zero attached hydrogens (tertiary/aromatic N) is 1. The Kier molecular flexibility index (Phi) is 16.9. The van der Waals surface area contributed by atoms with Crippen LogP contribution in [-0.4, -0.2) is 42.9 Å². The zero-order chi connectivity index (χ0) is 20.8. The van der Waals surface area contributed by atoms with E-state index in [9.17, 15) is 5.11 Å². The molecule has 2 fully saturated rings. The van der Waals surface area contributed by atoms with Gasteiger partial charge in [0.2, 0.25) is 0 Å². The van der Waals surface area contributed by atoms with Crippen molar-refractivity contribution in [2.45, 2.75) is 50.3 Å². The molecule has 0 bridgehead atoms. The molecule has 2 heterocycles. The number of aliphatic hydroxyl groups is 1. The number of piperidine rings is 2. The minimum absolute atomic E-state index is 0. The second-order valence-electron chi connectivity index (χ2n) is 6.14. The van der Waals surface area contributed by atoms with E-state index in [2.05, 4.69) is 37.0 Å². The number of benzene rings is 1. The van der Waals surface area contributed by atoms with Gasteiger partial charge in [0.15, 0.2) is 11.5 Å². The van der Waals surface area contributed by atoms with E-state index in [1.807, 2.05) is 6.07 Å². The largest absolute Gasteiger partial charge is 0 e. The summed E-state index contributed by atoms with van der Waals surface area (Å²) >= 11 is 0. The third-order valence-electron chi connectivity index (χ3n) is 4.90. The third kappa shape index (κ3) is 7.49. The van der Waals surface area contributed by atoms with E-state index in [0.717, 1.165) is 30.9 Å². The molecule has 152 valence electrons. The van der Waals surface area contributed by atoms with Crippen LogP contribution < -0.4 is 9.47 Å². The Bertz CT molecular complexity index is 604. The van der Waals surface area contributed by atoms with Crippen molar-refractivity contribution in [2.24, 2.45) is 0 Å². The number of rotatable bonds is 3. The van der Waals surface area contributed by atoms with Gasteiger partial charge in [-0.1, -0.05) is 12.5 Å². The van der Waals surface area contributed by atoms with Crippen LogP contribution in [0.25, 0.3) is 0 Å². The van der Waals surface area contributed by atoms with Crippen LogP contribution in [0.4, 0.5) is 0 Å². The SMILES string of the molecule is COc1ccc([C@@H]2C[C@@H](O)C[C@H]3CCCCN32)cc1OC.[C-]#[O+].[C-]#[O+].[C-]#[O+].[Cr]. The molecule has 0 amide bonds. The van der Waals surface area contributed by atoms with E-state index in [-0.39, 0.29) is 23.5 Å². The molecule has 0 radical (unpaired) electrons. The predicted octanol–water partition coefficient (Wildman–Crippen LogP) is 2.64. The van der Waals surface area contributed by atoms with Crippen molar-refractivity contribution >= 4 is 0 Å². The molecule has 0 saturated carbocycles. The van der Waals surface area contributed by atoms with Gasteiger partial charge in [0.1, 0.15) is 0 Å². The molecule has 0 aliphatic carbocycles. The van der Waals surface area contributed by atoms with Crippen molar-refractivity contribution in [3.05, 3.63) is 43.7 Å². The van der Waals surface area contributed by atoms with E-state index >= 15 is 0 Å². The number of methoxy groups -OCH3 is 2. The number of ether oxygens (including phenoxy) is 2. The first-order valence-electron chi connectivity index (χ1n) is 8.50. The summed E-state index contributed by atoms with van der Waals surface area (Å²) in [6.45, 7) is 14.6. The Labute approximate surface area is 177 Å². The molecule has 3 rings (SSSR count). The van der Waals surface area contributed by atoms with Gasteiger partial charge in [-0.25, -0.2) is 0 Å². The van der Waals surface area contributed by atoms with Gasteiger partial charge >= 0.3 is 33.9 Å². The van der Waals surface area contributed by atoms with Crippen molar-refractivity contribution in [1.29, 1.82) is 0 Å². The van der Waals surface area contributed by atoms with Crippen molar-refractivity contribution < 1.29 is 45.9 Å². The molecule has 2 aliphatic heterocycles. The number of hydrogen-bond acceptors (Lipinski definition) is 4. The topological polar surface area (TPSA) is 102 Å². The van der Waals surface area contributed by atoms with E-state index in [0.29, 0.717) is 12.1 Å². The Morgan fingerprint density at radius 1 is 0.964 bits per heavy atom. The molecule has 1 N–H and O–H groups in total. The quantitative estimate of drug-likeness (QED) is 0.592. The van der Waals surface area contributed by atoms with Crippen LogP contribution >= 0.6 is 0 Å². The van der Waals surface area contributed by atoms with Crippen LogP contribution in [0.5, 0.6) is 11.5 Å². The third-order valence-corrected chi connectivity index (χ3v) is 4.90. The van der Waals surface area contributed by atoms with E-state index in [4.69, 9.17) is 23.4 Å². The average molecular weight is 427 g/mol. The monoisotopic (exact) mass is 427 g/mol. The first kappa shape index (κ1) is 28.7. The smallest absolute Gasteiger partial charge is 0 e. The van der Waals surface area contributed by atoms with Gasteiger partial charge in [-0.3, -0.25) is 4.90 Å². The molecule has 0 aromatic heterocycles. The maximum Gasteiger partial charge on any atom is 0 e. The first-order chi connectivity index (χ1) is 13.2. The number of hydrogen-bond donors (Lipinski definition) is 1. The Morgan fingerprint density at radius 3 is 2.14 bits per heavy atom. The van der Waals surface area contributed by atoms with Crippen LogP contribution in [0.1, 0.15) is 43.7 Å². The maximum atomic E-state index is 10.2. The predicted molar refractivity (Wildman–Crippen MR) is 93.7 cm³/mol. The minimum Gasteiger partial charge on any atom is 0 e. The summed E-state index contributed by atoms with van der Waals surface area (Å²) in [6.07, 6.45) is 5.29. The first-order valence-corrected chi connectivity index (χ1v) is 8.50.